The van der Waals surface area contributed by atoms with Gasteiger partial charge in [0.1, 0.15) is 12.1 Å². The number of piperidine rings is 1. The molecule has 0 radical (unpaired) electrons. The van der Waals surface area contributed by atoms with Gasteiger partial charge in [-0.25, -0.2) is 9.37 Å². The van der Waals surface area contributed by atoms with Crippen LogP contribution in [0.4, 0.5) is 15.8 Å². The van der Waals surface area contributed by atoms with E-state index in [4.69, 9.17) is 4.74 Å². The third kappa shape index (κ3) is 4.57. The molecule has 0 atom stereocenters. The number of nitrogens with zero attached hydrogens (tertiary/aromatic N) is 3. The number of halogens is 1. The van der Waals surface area contributed by atoms with E-state index in [0.29, 0.717) is 34.3 Å². The molecule has 1 fully saturated rings. The number of carbonyl (C=O) groups excluding carboxylic acids is 1. The Morgan fingerprint density at radius 2 is 2.09 bits per heavy atom. The van der Waals surface area contributed by atoms with Crippen LogP contribution in [0.25, 0.3) is 11.1 Å². The van der Waals surface area contributed by atoms with Crippen LogP contribution in [0.3, 0.4) is 0 Å². The molecule has 176 valence electrons. The summed E-state index contributed by atoms with van der Waals surface area (Å²) in [4.78, 5) is 19.8. The normalized spacial score (nSPS) is 18.0. The molecule has 5 rings (SSSR count). The summed E-state index contributed by atoms with van der Waals surface area (Å²) >= 11 is 0. The highest BCUT2D eigenvalue weighted by Gasteiger charge is 2.30. The van der Waals surface area contributed by atoms with Crippen molar-refractivity contribution < 1.29 is 13.9 Å². The number of anilines is 2. The lowest BCUT2D eigenvalue weighted by Crippen LogP contribution is -2.40. The van der Waals surface area contributed by atoms with E-state index in [0.717, 1.165) is 50.3 Å². The van der Waals surface area contributed by atoms with Gasteiger partial charge >= 0.3 is 0 Å². The summed E-state index contributed by atoms with van der Waals surface area (Å²) in [7, 11) is 1.73. The molecule has 34 heavy (non-hydrogen) atoms. The first kappa shape index (κ1) is 22.2. The largest absolute Gasteiger partial charge is 0.383 e. The molecule has 3 aromatic rings. The summed E-state index contributed by atoms with van der Waals surface area (Å²) in [6, 6.07) is 12.4. The predicted molar refractivity (Wildman–Crippen MR) is 129 cm³/mol. The molecular formula is C25H27FN6O2. The molecule has 9 heteroatoms. The number of methoxy groups -OCH3 is 1. The molecule has 1 amide bonds. The van der Waals surface area contributed by atoms with Crippen LogP contribution in [0, 0.1) is 5.82 Å². The van der Waals surface area contributed by atoms with E-state index in [-0.39, 0.29) is 11.7 Å². The van der Waals surface area contributed by atoms with Crippen molar-refractivity contribution in [2.75, 3.05) is 44.0 Å². The highest BCUT2D eigenvalue weighted by Crippen LogP contribution is 2.40. The van der Waals surface area contributed by atoms with Gasteiger partial charge in [0.15, 0.2) is 5.82 Å². The number of aromatic nitrogens is 3. The number of hydrogen-bond acceptors (Lipinski definition) is 6. The Hall–Kier alpha value is -3.56. The zero-order chi connectivity index (χ0) is 23.5. The van der Waals surface area contributed by atoms with Crippen molar-refractivity contribution in [2.24, 2.45) is 0 Å². The maximum absolute atomic E-state index is 14.1. The Morgan fingerprint density at radius 3 is 2.82 bits per heavy atom. The second-order valence-corrected chi connectivity index (χ2v) is 8.56. The molecule has 8 nitrogen and oxygen atoms in total. The van der Waals surface area contributed by atoms with Gasteiger partial charge in [0.2, 0.25) is 0 Å². The van der Waals surface area contributed by atoms with Crippen molar-refractivity contribution in [1.82, 2.24) is 20.1 Å². The van der Waals surface area contributed by atoms with Gasteiger partial charge in [0.05, 0.1) is 12.2 Å². The molecule has 0 saturated carbocycles. The van der Waals surface area contributed by atoms with Crippen molar-refractivity contribution >= 4 is 28.4 Å². The topological polar surface area (TPSA) is 95.2 Å². The second-order valence-electron chi connectivity index (χ2n) is 8.56. The molecule has 2 aliphatic rings. The van der Waals surface area contributed by atoms with Gasteiger partial charge in [-0.3, -0.25) is 9.89 Å². The summed E-state index contributed by atoms with van der Waals surface area (Å²) in [6.07, 6.45) is 3.44. The third-order valence-electron chi connectivity index (χ3n) is 6.35. The summed E-state index contributed by atoms with van der Waals surface area (Å²) < 4.78 is 19.3. The average Bonchev–Trinajstić information content (AvgIpc) is 3.48. The Bertz CT molecular complexity index is 1200. The highest BCUT2D eigenvalue weighted by atomic mass is 19.1. The molecule has 0 spiro atoms. The fourth-order valence-electron chi connectivity index (χ4n) is 4.63. The third-order valence-corrected chi connectivity index (χ3v) is 6.35. The Balaban J connectivity index is 1.46. The van der Waals surface area contributed by atoms with Gasteiger partial charge in [0.25, 0.3) is 5.91 Å². The first-order valence-corrected chi connectivity index (χ1v) is 11.4. The quantitative estimate of drug-likeness (QED) is 0.466. The lowest BCUT2D eigenvalue weighted by Gasteiger charge is -2.32. The zero-order valence-corrected chi connectivity index (χ0v) is 19.0. The molecule has 3 heterocycles. The number of ether oxygens (including phenoxy) is 1. The van der Waals surface area contributed by atoms with E-state index in [2.05, 4.69) is 30.7 Å². The van der Waals surface area contributed by atoms with Crippen LogP contribution < -0.4 is 10.6 Å². The molecule has 0 aliphatic carbocycles. The molecule has 1 saturated heterocycles. The van der Waals surface area contributed by atoms with Crippen LogP contribution >= 0.6 is 0 Å². The van der Waals surface area contributed by atoms with Crippen LogP contribution in [0.5, 0.6) is 0 Å². The first-order valence-electron chi connectivity index (χ1n) is 11.4. The van der Waals surface area contributed by atoms with Gasteiger partial charge in [-0.1, -0.05) is 12.1 Å². The molecular weight excluding hydrogens is 435 g/mol. The van der Waals surface area contributed by atoms with E-state index < -0.39 is 0 Å². The lowest BCUT2D eigenvalue weighted by atomic mass is 9.94. The Kier molecular flexibility index (Phi) is 6.37. The summed E-state index contributed by atoms with van der Waals surface area (Å²) in [5.74, 6) is -0.236. The fraction of sp³-hybridized carbons (Fsp3) is 0.320. The Labute approximate surface area is 197 Å². The summed E-state index contributed by atoms with van der Waals surface area (Å²) in [5.41, 5.74) is 3.92. The maximum atomic E-state index is 14.1. The summed E-state index contributed by atoms with van der Waals surface area (Å²) in [5, 5.41) is 13.3. The number of hydrogen-bond donors (Lipinski definition) is 3. The minimum atomic E-state index is -0.388. The van der Waals surface area contributed by atoms with E-state index in [1.165, 1.54) is 18.5 Å². The van der Waals surface area contributed by atoms with E-state index >= 15 is 0 Å². The molecule has 2 aliphatic heterocycles. The van der Waals surface area contributed by atoms with Gasteiger partial charge in [0, 0.05) is 55.3 Å². The summed E-state index contributed by atoms with van der Waals surface area (Å²) in [6.45, 7) is 3.74. The van der Waals surface area contributed by atoms with E-state index in [1.807, 2.05) is 18.2 Å². The van der Waals surface area contributed by atoms with Crippen LogP contribution in [-0.2, 0) is 9.53 Å². The Morgan fingerprint density at radius 1 is 1.24 bits per heavy atom. The number of likely N-dealkylation sites (tertiary alicyclic amines) is 1. The number of H-pyrrole nitrogens is 1. The van der Waals surface area contributed by atoms with E-state index in [1.54, 1.807) is 19.2 Å². The smallest absolute Gasteiger partial charge is 0.257 e. The van der Waals surface area contributed by atoms with Gasteiger partial charge in [-0.15, -0.1) is 0 Å². The first-order chi connectivity index (χ1) is 16.6. The number of fused-ring (bicyclic) bond motifs is 1. The monoisotopic (exact) mass is 462 g/mol. The molecule has 2 aromatic carbocycles. The standard InChI is InChI=1S/C25H27FN6O2/c1-34-12-11-32-9-7-18(8-10-32)29-19-5-6-21-20(14-19)23(25(33)30-21)22(24-27-15-28-31-24)16-3-2-4-17(26)13-16/h2-6,13-15,18,29H,7-12H2,1H3,(H,30,33)(H,27,28,31). The zero-order valence-electron chi connectivity index (χ0n) is 19.0. The lowest BCUT2D eigenvalue weighted by molar-refractivity contribution is -0.110. The average molecular weight is 463 g/mol. The fourth-order valence-corrected chi connectivity index (χ4v) is 4.63. The minimum absolute atomic E-state index is 0.255. The predicted octanol–water partition coefficient (Wildman–Crippen LogP) is 3.38. The molecule has 3 N–H and O–H groups in total. The number of aromatic amines is 1. The van der Waals surface area contributed by atoms with Crippen molar-refractivity contribution in [1.29, 1.82) is 0 Å². The number of rotatable bonds is 7. The highest BCUT2D eigenvalue weighted by molar-refractivity contribution is 6.38. The second kappa shape index (κ2) is 9.74. The number of amides is 1. The van der Waals surface area contributed by atoms with Gasteiger partial charge in [-0.05, 0) is 48.7 Å². The molecule has 0 unspecified atom stereocenters. The van der Waals surface area contributed by atoms with Gasteiger partial charge < -0.3 is 20.3 Å². The van der Waals surface area contributed by atoms with Crippen LogP contribution in [-0.4, -0.2) is 65.4 Å². The minimum Gasteiger partial charge on any atom is -0.383 e. The van der Waals surface area contributed by atoms with Crippen molar-refractivity contribution in [3.8, 4) is 0 Å². The van der Waals surface area contributed by atoms with Crippen LogP contribution in [0.2, 0.25) is 0 Å². The number of nitrogens with one attached hydrogen (secondary N) is 3. The van der Waals surface area contributed by atoms with Crippen molar-refractivity contribution in [2.45, 2.75) is 18.9 Å². The molecule has 0 bridgehead atoms. The van der Waals surface area contributed by atoms with Gasteiger partial charge in [-0.2, -0.15) is 5.10 Å². The number of carbonyl (C=O) groups is 1. The number of benzene rings is 2. The maximum Gasteiger partial charge on any atom is 0.257 e. The van der Waals surface area contributed by atoms with Crippen molar-refractivity contribution in [3.05, 3.63) is 71.6 Å². The van der Waals surface area contributed by atoms with Crippen LogP contribution in [0.15, 0.2) is 48.8 Å². The van der Waals surface area contributed by atoms with Crippen molar-refractivity contribution in [3.63, 3.8) is 0 Å². The molecule has 1 aromatic heterocycles. The van der Waals surface area contributed by atoms with E-state index in [9.17, 15) is 9.18 Å². The van der Waals surface area contributed by atoms with Crippen LogP contribution in [0.1, 0.15) is 29.8 Å². The SMILES string of the molecule is COCCN1CCC(Nc2ccc3c(c2)C(=C(c2cccc(F)c2)c2ncn[nH]2)C(=O)N3)CC1.